The summed E-state index contributed by atoms with van der Waals surface area (Å²) in [6.45, 7) is 2.74. The summed E-state index contributed by atoms with van der Waals surface area (Å²) in [4.78, 5) is 0. The first-order chi connectivity index (χ1) is 13.3. The Kier molecular flexibility index (Phi) is 10.4. The summed E-state index contributed by atoms with van der Waals surface area (Å²) in [5.41, 5.74) is 13.5. The van der Waals surface area contributed by atoms with Gasteiger partial charge in [0.05, 0.1) is 13.2 Å². The molecule has 0 aliphatic rings. The lowest BCUT2D eigenvalue weighted by Gasteiger charge is -2.08. The number of hydrogen-bond acceptors (Lipinski definition) is 4. The highest BCUT2D eigenvalue weighted by atomic mass is 16.5. The first-order valence-electron chi connectivity index (χ1n) is 10.2. The van der Waals surface area contributed by atoms with Gasteiger partial charge in [-0.3, -0.25) is 0 Å². The molecular weight excluding hydrogens is 336 g/mol. The van der Waals surface area contributed by atoms with Crippen molar-refractivity contribution >= 4 is 0 Å². The molecule has 4 nitrogen and oxygen atoms in total. The molecule has 2 aromatic carbocycles. The molecule has 0 spiro atoms. The predicted octanol–water partition coefficient (Wildman–Crippen LogP) is 4.79. The molecule has 2 rings (SSSR count). The second-order valence-electron chi connectivity index (χ2n) is 6.87. The van der Waals surface area contributed by atoms with E-state index in [4.69, 9.17) is 20.9 Å². The number of nitrogens with two attached hydrogens (primary N) is 2. The molecule has 0 bridgehead atoms. The van der Waals surface area contributed by atoms with E-state index in [2.05, 4.69) is 0 Å². The second-order valence-corrected chi connectivity index (χ2v) is 6.87. The molecule has 0 aliphatic carbocycles. The first-order valence-corrected chi connectivity index (χ1v) is 10.2. The summed E-state index contributed by atoms with van der Waals surface area (Å²) in [6, 6.07) is 16.1. The number of unbranched alkanes of at least 4 members (excludes halogenated alkanes) is 6. The van der Waals surface area contributed by atoms with Crippen molar-refractivity contribution < 1.29 is 9.47 Å². The van der Waals surface area contributed by atoms with Gasteiger partial charge < -0.3 is 20.9 Å². The van der Waals surface area contributed by atoms with Crippen LogP contribution in [0.1, 0.15) is 56.1 Å². The molecule has 0 fully saturated rings. The Morgan fingerprint density at radius 2 is 0.815 bits per heavy atom. The Morgan fingerprint density at radius 3 is 1.15 bits per heavy atom. The van der Waals surface area contributed by atoms with E-state index in [9.17, 15) is 0 Å². The Hall–Kier alpha value is -2.04. The Bertz CT molecular complexity index is 556. The van der Waals surface area contributed by atoms with Crippen molar-refractivity contribution in [1.82, 2.24) is 0 Å². The minimum atomic E-state index is 0.578. The molecule has 0 amide bonds. The van der Waals surface area contributed by atoms with Crippen molar-refractivity contribution in [3.8, 4) is 11.5 Å². The van der Waals surface area contributed by atoms with E-state index in [1.165, 1.54) is 32.1 Å². The lowest BCUT2D eigenvalue weighted by atomic mass is 10.1. The van der Waals surface area contributed by atoms with Crippen molar-refractivity contribution in [2.24, 2.45) is 11.5 Å². The van der Waals surface area contributed by atoms with Gasteiger partial charge in [-0.1, -0.05) is 56.4 Å². The van der Waals surface area contributed by atoms with E-state index in [0.29, 0.717) is 13.1 Å². The zero-order valence-electron chi connectivity index (χ0n) is 16.4. The number of benzene rings is 2. The highest BCUT2D eigenvalue weighted by Crippen LogP contribution is 2.14. The predicted molar refractivity (Wildman–Crippen MR) is 112 cm³/mol. The zero-order valence-corrected chi connectivity index (χ0v) is 16.4. The van der Waals surface area contributed by atoms with E-state index in [-0.39, 0.29) is 0 Å². The Morgan fingerprint density at radius 1 is 0.481 bits per heavy atom. The van der Waals surface area contributed by atoms with Gasteiger partial charge in [0.15, 0.2) is 0 Å². The van der Waals surface area contributed by atoms with Crippen molar-refractivity contribution in [2.45, 2.75) is 58.0 Å². The summed E-state index contributed by atoms with van der Waals surface area (Å²) in [5, 5.41) is 0. The van der Waals surface area contributed by atoms with Gasteiger partial charge in [-0.25, -0.2) is 0 Å². The minimum Gasteiger partial charge on any atom is -0.494 e. The van der Waals surface area contributed by atoms with Crippen LogP contribution in [0.15, 0.2) is 48.5 Å². The molecule has 0 atom stereocenters. The van der Waals surface area contributed by atoms with Crippen LogP contribution >= 0.6 is 0 Å². The largest absolute Gasteiger partial charge is 0.494 e. The fraction of sp³-hybridized carbons (Fsp3) is 0.478. The highest BCUT2D eigenvalue weighted by molar-refractivity contribution is 5.27. The van der Waals surface area contributed by atoms with E-state index >= 15 is 0 Å². The minimum absolute atomic E-state index is 0.578. The average molecular weight is 371 g/mol. The van der Waals surface area contributed by atoms with E-state index in [0.717, 1.165) is 48.7 Å². The fourth-order valence-corrected chi connectivity index (χ4v) is 2.91. The third kappa shape index (κ3) is 8.94. The average Bonchev–Trinajstić information content (AvgIpc) is 2.73. The Labute approximate surface area is 163 Å². The molecule has 0 heterocycles. The molecule has 0 saturated carbocycles. The monoisotopic (exact) mass is 370 g/mol. The maximum Gasteiger partial charge on any atom is 0.119 e. The van der Waals surface area contributed by atoms with Gasteiger partial charge in [0.1, 0.15) is 11.5 Å². The highest BCUT2D eigenvalue weighted by Gasteiger charge is 1.97. The lowest BCUT2D eigenvalue weighted by Crippen LogP contribution is -1.99. The van der Waals surface area contributed by atoms with Gasteiger partial charge in [0.25, 0.3) is 0 Å². The van der Waals surface area contributed by atoms with Crippen LogP contribution in [-0.2, 0) is 13.1 Å². The van der Waals surface area contributed by atoms with Crippen molar-refractivity contribution in [1.29, 1.82) is 0 Å². The van der Waals surface area contributed by atoms with Crippen molar-refractivity contribution in [3.63, 3.8) is 0 Å². The molecular formula is C23H34N2O2. The molecule has 0 unspecified atom stereocenters. The van der Waals surface area contributed by atoms with E-state index in [1.807, 2.05) is 48.5 Å². The second kappa shape index (κ2) is 13.2. The van der Waals surface area contributed by atoms with Gasteiger partial charge in [-0.15, -0.1) is 0 Å². The van der Waals surface area contributed by atoms with Crippen LogP contribution in [0.5, 0.6) is 11.5 Å². The van der Waals surface area contributed by atoms with Gasteiger partial charge in [-0.2, -0.15) is 0 Å². The molecule has 27 heavy (non-hydrogen) atoms. The standard InChI is InChI=1S/C23H34N2O2/c24-18-20-8-12-22(13-9-20)26-16-6-4-2-1-3-5-7-17-27-23-14-10-21(19-25)11-15-23/h8-15H,1-7,16-19,24-25H2. The van der Waals surface area contributed by atoms with Gasteiger partial charge in [0, 0.05) is 13.1 Å². The molecule has 4 heteroatoms. The molecule has 0 aliphatic heterocycles. The SMILES string of the molecule is NCc1ccc(OCCCCCCCCCOc2ccc(CN)cc2)cc1. The van der Waals surface area contributed by atoms with Crippen LogP contribution in [0.3, 0.4) is 0 Å². The molecule has 0 radical (unpaired) electrons. The maximum absolute atomic E-state index is 5.76. The van der Waals surface area contributed by atoms with Crippen LogP contribution in [0.2, 0.25) is 0 Å². The summed E-state index contributed by atoms with van der Waals surface area (Å²) in [5.74, 6) is 1.87. The molecule has 0 saturated heterocycles. The van der Waals surface area contributed by atoms with Gasteiger partial charge in [0.2, 0.25) is 0 Å². The zero-order chi connectivity index (χ0) is 19.2. The first kappa shape index (κ1) is 21.3. The number of ether oxygens (including phenoxy) is 2. The summed E-state index contributed by atoms with van der Waals surface area (Å²) in [6.07, 6.45) is 8.51. The number of hydrogen-bond donors (Lipinski definition) is 2. The van der Waals surface area contributed by atoms with Gasteiger partial charge in [-0.05, 0) is 48.2 Å². The fourth-order valence-electron chi connectivity index (χ4n) is 2.91. The molecule has 2 aromatic rings. The van der Waals surface area contributed by atoms with E-state index < -0.39 is 0 Å². The topological polar surface area (TPSA) is 70.5 Å². The molecule has 0 aromatic heterocycles. The Balaban J connectivity index is 1.39. The van der Waals surface area contributed by atoms with E-state index in [1.54, 1.807) is 0 Å². The number of rotatable bonds is 14. The molecule has 4 N–H and O–H groups in total. The third-order valence-electron chi connectivity index (χ3n) is 4.64. The van der Waals surface area contributed by atoms with Crippen LogP contribution in [0.4, 0.5) is 0 Å². The van der Waals surface area contributed by atoms with Crippen LogP contribution < -0.4 is 20.9 Å². The smallest absolute Gasteiger partial charge is 0.119 e. The quantitative estimate of drug-likeness (QED) is 0.469. The van der Waals surface area contributed by atoms with Crippen LogP contribution in [0, 0.1) is 0 Å². The van der Waals surface area contributed by atoms with Crippen molar-refractivity contribution in [2.75, 3.05) is 13.2 Å². The normalized spacial score (nSPS) is 10.7. The third-order valence-corrected chi connectivity index (χ3v) is 4.64. The summed E-state index contributed by atoms with van der Waals surface area (Å²) in [7, 11) is 0. The summed E-state index contributed by atoms with van der Waals surface area (Å²) < 4.78 is 11.5. The van der Waals surface area contributed by atoms with Crippen LogP contribution in [0.25, 0.3) is 0 Å². The lowest BCUT2D eigenvalue weighted by molar-refractivity contribution is 0.299. The maximum atomic E-state index is 5.76. The summed E-state index contributed by atoms with van der Waals surface area (Å²) >= 11 is 0. The van der Waals surface area contributed by atoms with Gasteiger partial charge >= 0.3 is 0 Å². The van der Waals surface area contributed by atoms with Crippen LogP contribution in [-0.4, -0.2) is 13.2 Å². The van der Waals surface area contributed by atoms with Crippen molar-refractivity contribution in [3.05, 3.63) is 59.7 Å². The molecule has 148 valence electrons.